The summed E-state index contributed by atoms with van der Waals surface area (Å²) in [7, 11) is -3.78. The third-order valence-corrected chi connectivity index (χ3v) is 5.56. The molecule has 1 saturated heterocycles. The zero-order chi connectivity index (χ0) is 15.6. The van der Waals surface area contributed by atoms with Gasteiger partial charge in [-0.25, -0.2) is 8.42 Å². The van der Waals surface area contributed by atoms with Gasteiger partial charge in [0, 0.05) is 25.2 Å². The van der Waals surface area contributed by atoms with Gasteiger partial charge in [-0.2, -0.15) is 8.70 Å². The first kappa shape index (κ1) is 15.8. The summed E-state index contributed by atoms with van der Waals surface area (Å²) < 4.78 is 39.7. The van der Waals surface area contributed by atoms with Crippen molar-refractivity contribution in [2.24, 2.45) is 5.92 Å². The Morgan fingerprint density at radius 3 is 2.76 bits per heavy atom. The Morgan fingerprint density at radius 1 is 1.48 bits per heavy atom. The van der Waals surface area contributed by atoms with Crippen LogP contribution < -0.4 is 0 Å². The standard InChI is InChI=1S/C13H17FN2O4S/c1-2-3-10-6-7-15(9-10)21(19,20)11-4-5-13(16(17)18)12(14)8-11/h4-5,8,10H,2-3,6-7,9H2,1H3. The number of benzene rings is 1. The SMILES string of the molecule is CCCC1CCN(S(=O)(=O)c2ccc([N+](=O)[O-])c(F)c2)C1. The first-order chi connectivity index (χ1) is 9.86. The van der Waals surface area contributed by atoms with E-state index < -0.39 is 26.5 Å². The molecule has 0 aliphatic carbocycles. The van der Waals surface area contributed by atoms with Crippen LogP contribution in [0.4, 0.5) is 10.1 Å². The molecule has 1 fully saturated rings. The summed E-state index contributed by atoms with van der Waals surface area (Å²) in [6.07, 6.45) is 2.74. The predicted octanol–water partition coefficient (Wildman–Crippen LogP) is 2.54. The summed E-state index contributed by atoms with van der Waals surface area (Å²) in [4.78, 5) is 9.45. The van der Waals surface area contributed by atoms with Gasteiger partial charge in [0.1, 0.15) is 0 Å². The Balaban J connectivity index is 2.24. The topological polar surface area (TPSA) is 80.5 Å². The molecule has 1 aliphatic heterocycles. The van der Waals surface area contributed by atoms with Gasteiger partial charge in [-0.15, -0.1) is 0 Å². The quantitative estimate of drug-likeness (QED) is 0.617. The largest absolute Gasteiger partial charge is 0.304 e. The van der Waals surface area contributed by atoms with Crippen molar-refractivity contribution in [3.63, 3.8) is 0 Å². The van der Waals surface area contributed by atoms with Crippen molar-refractivity contribution in [2.45, 2.75) is 31.1 Å². The van der Waals surface area contributed by atoms with Gasteiger partial charge in [-0.05, 0) is 24.8 Å². The molecule has 1 aromatic rings. The van der Waals surface area contributed by atoms with E-state index in [1.807, 2.05) is 6.92 Å². The van der Waals surface area contributed by atoms with E-state index in [0.29, 0.717) is 19.0 Å². The first-order valence-corrected chi connectivity index (χ1v) is 8.24. The molecule has 0 spiro atoms. The molecule has 21 heavy (non-hydrogen) atoms. The van der Waals surface area contributed by atoms with E-state index in [-0.39, 0.29) is 4.90 Å². The summed E-state index contributed by atoms with van der Waals surface area (Å²) in [6, 6.07) is 2.70. The highest BCUT2D eigenvalue weighted by Crippen LogP contribution is 2.28. The van der Waals surface area contributed by atoms with E-state index in [4.69, 9.17) is 0 Å². The summed E-state index contributed by atoms with van der Waals surface area (Å²) in [5.41, 5.74) is -0.723. The molecule has 116 valence electrons. The second-order valence-corrected chi connectivity index (χ2v) is 7.11. The fourth-order valence-electron chi connectivity index (χ4n) is 2.60. The van der Waals surface area contributed by atoms with Crippen LogP contribution in [0.15, 0.2) is 23.1 Å². The van der Waals surface area contributed by atoms with Crippen molar-refractivity contribution in [3.8, 4) is 0 Å². The van der Waals surface area contributed by atoms with Crippen LogP contribution in [0.3, 0.4) is 0 Å². The molecule has 1 aromatic carbocycles. The van der Waals surface area contributed by atoms with E-state index >= 15 is 0 Å². The van der Waals surface area contributed by atoms with Crippen molar-refractivity contribution >= 4 is 15.7 Å². The minimum atomic E-state index is -3.78. The minimum Gasteiger partial charge on any atom is -0.258 e. The van der Waals surface area contributed by atoms with Gasteiger partial charge in [-0.1, -0.05) is 13.3 Å². The van der Waals surface area contributed by atoms with Gasteiger partial charge in [-0.3, -0.25) is 10.1 Å². The van der Waals surface area contributed by atoms with E-state index in [9.17, 15) is 22.9 Å². The summed E-state index contributed by atoms with van der Waals surface area (Å²) in [5, 5.41) is 10.6. The Morgan fingerprint density at radius 2 is 2.19 bits per heavy atom. The molecule has 1 atom stereocenters. The second kappa shape index (κ2) is 6.07. The van der Waals surface area contributed by atoms with Crippen LogP contribution in [-0.4, -0.2) is 30.7 Å². The monoisotopic (exact) mass is 316 g/mol. The number of rotatable bonds is 5. The number of hydrogen-bond donors (Lipinski definition) is 0. The lowest BCUT2D eigenvalue weighted by molar-refractivity contribution is -0.387. The third-order valence-electron chi connectivity index (χ3n) is 3.70. The zero-order valence-electron chi connectivity index (χ0n) is 11.7. The van der Waals surface area contributed by atoms with Gasteiger partial charge in [0.2, 0.25) is 15.8 Å². The molecule has 0 radical (unpaired) electrons. The molecular formula is C13H17FN2O4S. The van der Waals surface area contributed by atoms with Gasteiger partial charge in [0.15, 0.2) is 0 Å². The lowest BCUT2D eigenvalue weighted by Gasteiger charge is -2.16. The average Bonchev–Trinajstić information content (AvgIpc) is 2.88. The van der Waals surface area contributed by atoms with E-state index in [0.717, 1.165) is 37.5 Å². The van der Waals surface area contributed by atoms with Gasteiger partial charge >= 0.3 is 5.69 Å². The molecule has 2 rings (SSSR count). The highest BCUT2D eigenvalue weighted by Gasteiger charge is 2.33. The minimum absolute atomic E-state index is 0.234. The predicted molar refractivity (Wildman–Crippen MR) is 74.8 cm³/mol. The Kier molecular flexibility index (Phi) is 4.58. The maximum atomic E-state index is 13.6. The fraction of sp³-hybridized carbons (Fsp3) is 0.538. The molecule has 8 heteroatoms. The summed E-state index contributed by atoms with van der Waals surface area (Å²) >= 11 is 0. The summed E-state index contributed by atoms with van der Waals surface area (Å²) in [6.45, 7) is 2.88. The van der Waals surface area contributed by atoms with Crippen LogP contribution in [0.2, 0.25) is 0 Å². The van der Waals surface area contributed by atoms with Crippen molar-refractivity contribution in [1.82, 2.24) is 4.31 Å². The molecule has 1 heterocycles. The normalized spacial score (nSPS) is 19.8. The third kappa shape index (κ3) is 3.21. The maximum absolute atomic E-state index is 13.6. The molecule has 0 saturated carbocycles. The average molecular weight is 316 g/mol. The zero-order valence-corrected chi connectivity index (χ0v) is 12.5. The lowest BCUT2D eigenvalue weighted by Crippen LogP contribution is -2.29. The molecular weight excluding hydrogens is 299 g/mol. The molecule has 0 N–H and O–H groups in total. The number of nitro benzene ring substituents is 1. The number of sulfonamides is 1. The van der Waals surface area contributed by atoms with Gasteiger partial charge in [0.25, 0.3) is 0 Å². The smallest absolute Gasteiger partial charge is 0.258 e. The van der Waals surface area contributed by atoms with Crippen LogP contribution >= 0.6 is 0 Å². The van der Waals surface area contributed by atoms with E-state index in [2.05, 4.69) is 0 Å². The molecule has 0 bridgehead atoms. The van der Waals surface area contributed by atoms with Crippen LogP contribution in [-0.2, 0) is 10.0 Å². The lowest BCUT2D eigenvalue weighted by atomic mass is 10.0. The van der Waals surface area contributed by atoms with Crippen molar-refractivity contribution in [3.05, 3.63) is 34.1 Å². The molecule has 1 unspecified atom stereocenters. The van der Waals surface area contributed by atoms with E-state index in [1.165, 1.54) is 4.31 Å². The van der Waals surface area contributed by atoms with Crippen molar-refractivity contribution in [2.75, 3.05) is 13.1 Å². The number of nitro groups is 1. The molecule has 1 aliphatic rings. The number of nitrogens with zero attached hydrogens (tertiary/aromatic N) is 2. The van der Waals surface area contributed by atoms with E-state index in [1.54, 1.807) is 0 Å². The van der Waals surface area contributed by atoms with Crippen LogP contribution in [0, 0.1) is 21.8 Å². The number of halogens is 1. The molecule has 0 amide bonds. The second-order valence-electron chi connectivity index (χ2n) is 5.18. The number of hydrogen-bond acceptors (Lipinski definition) is 4. The summed E-state index contributed by atoms with van der Waals surface area (Å²) in [5.74, 6) is -0.807. The van der Waals surface area contributed by atoms with Crippen LogP contribution in [0.1, 0.15) is 26.2 Å². The Bertz CT molecular complexity index is 648. The van der Waals surface area contributed by atoms with Crippen LogP contribution in [0.25, 0.3) is 0 Å². The molecule has 6 nitrogen and oxygen atoms in total. The Hall–Kier alpha value is -1.54. The van der Waals surface area contributed by atoms with Crippen molar-refractivity contribution < 1.29 is 17.7 Å². The highest BCUT2D eigenvalue weighted by atomic mass is 32.2. The van der Waals surface area contributed by atoms with Crippen LogP contribution in [0.5, 0.6) is 0 Å². The molecule has 0 aromatic heterocycles. The van der Waals surface area contributed by atoms with Gasteiger partial charge < -0.3 is 0 Å². The first-order valence-electron chi connectivity index (χ1n) is 6.80. The highest BCUT2D eigenvalue weighted by molar-refractivity contribution is 7.89. The maximum Gasteiger partial charge on any atom is 0.304 e. The fourth-order valence-corrected chi connectivity index (χ4v) is 4.15. The van der Waals surface area contributed by atoms with Crippen molar-refractivity contribution in [1.29, 1.82) is 0 Å². The Labute approximate surface area is 122 Å². The van der Waals surface area contributed by atoms with Gasteiger partial charge in [0.05, 0.1) is 9.82 Å².